The number of hydrogen-bond donors (Lipinski definition) is 1. The van der Waals surface area contributed by atoms with Gasteiger partial charge in [-0.1, -0.05) is 6.92 Å². The zero-order valence-corrected chi connectivity index (χ0v) is 14.0. The second-order valence-electron chi connectivity index (χ2n) is 4.52. The zero-order valence-electron chi connectivity index (χ0n) is 10.7. The third-order valence-electron chi connectivity index (χ3n) is 3.34. The second-order valence-corrected chi connectivity index (χ2v) is 6.76. The molecule has 1 aromatic carbocycles. The maximum atomic E-state index is 13.8. The number of halogens is 2. The largest absolute Gasteiger partial charge is 0.331 e. The summed E-state index contributed by atoms with van der Waals surface area (Å²) in [4.78, 5) is 4.40. The Morgan fingerprint density at radius 3 is 3.00 bits per heavy atom. The van der Waals surface area contributed by atoms with Crippen molar-refractivity contribution in [2.45, 2.75) is 19.9 Å². The average molecular weight is 371 g/mol. The van der Waals surface area contributed by atoms with Gasteiger partial charge < -0.3 is 9.55 Å². The minimum absolute atomic E-state index is 0.276. The molecule has 0 saturated carbocycles. The van der Waals surface area contributed by atoms with Crippen molar-refractivity contribution in [3.8, 4) is 0 Å². The van der Waals surface area contributed by atoms with Crippen LogP contribution in [-0.4, -0.2) is 9.55 Å². The fourth-order valence-corrected chi connectivity index (χ4v) is 3.85. The summed E-state index contributed by atoms with van der Waals surface area (Å²) in [6.45, 7) is 2.82. The Labute approximate surface area is 133 Å². The van der Waals surface area contributed by atoms with E-state index < -0.39 is 0 Å². The molecule has 0 fully saturated rings. The van der Waals surface area contributed by atoms with Crippen LogP contribution >= 0.6 is 39.5 Å². The fraction of sp³-hybridized carbons (Fsp3) is 0.214. The summed E-state index contributed by atoms with van der Waals surface area (Å²) in [5.74, 6) is -0.276. The lowest BCUT2D eigenvalue weighted by atomic mass is 10.2. The predicted octanol–water partition coefficient (Wildman–Crippen LogP) is 5.27. The lowest BCUT2D eigenvalue weighted by Crippen LogP contribution is -2.00. The van der Waals surface area contributed by atoms with Gasteiger partial charge in [0.1, 0.15) is 5.82 Å². The Kier molecular flexibility index (Phi) is 3.79. The molecule has 20 heavy (non-hydrogen) atoms. The predicted molar refractivity (Wildman–Crippen MR) is 87.6 cm³/mol. The third-order valence-corrected chi connectivity index (χ3v) is 5.21. The molecular weight excluding hydrogens is 359 g/mol. The van der Waals surface area contributed by atoms with E-state index in [1.807, 2.05) is 4.57 Å². The Bertz CT molecular complexity index is 831. The van der Waals surface area contributed by atoms with Crippen molar-refractivity contribution in [1.82, 2.24) is 9.55 Å². The molecule has 1 N–H and O–H groups in total. The quantitative estimate of drug-likeness (QED) is 0.622. The standard InChI is InChI=1S/C14H12BrFN2S2/c1-2-8-3-4-20-13(8)7-18-12-6-10(16)9(15)5-11(12)17-14(18)19/h3-6H,2,7H2,1H3,(H,17,19). The summed E-state index contributed by atoms with van der Waals surface area (Å²) in [7, 11) is 0. The number of hydrogen-bond acceptors (Lipinski definition) is 2. The molecule has 3 rings (SSSR count). The number of rotatable bonds is 3. The van der Waals surface area contributed by atoms with Gasteiger partial charge in [0.2, 0.25) is 0 Å². The maximum Gasteiger partial charge on any atom is 0.178 e. The molecule has 2 nitrogen and oxygen atoms in total. The molecule has 0 aliphatic carbocycles. The van der Waals surface area contributed by atoms with Crippen LogP contribution in [0.2, 0.25) is 0 Å². The lowest BCUT2D eigenvalue weighted by Gasteiger charge is -2.05. The van der Waals surface area contributed by atoms with Crippen molar-refractivity contribution in [3.63, 3.8) is 0 Å². The van der Waals surface area contributed by atoms with Crippen LogP contribution in [0.3, 0.4) is 0 Å². The van der Waals surface area contributed by atoms with Crippen molar-refractivity contribution >= 4 is 50.5 Å². The molecule has 0 aliphatic rings. The Morgan fingerprint density at radius 2 is 2.25 bits per heavy atom. The van der Waals surface area contributed by atoms with Crippen molar-refractivity contribution in [2.24, 2.45) is 0 Å². The van der Waals surface area contributed by atoms with Crippen LogP contribution in [-0.2, 0) is 13.0 Å². The lowest BCUT2D eigenvalue weighted by molar-refractivity contribution is 0.622. The van der Waals surface area contributed by atoms with Crippen LogP contribution in [0.15, 0.2) is 28.1 Å². The SMILES string of the molecule is CCc1ccsc1Cn1c(=S)[nH]c2cc(Br)c(F)cc21. The van der Waals surface area contributed by atoms with E-state index in [0.29, 0.717) is 15.8 Å². The van der Waals surface area contributed by atoms with E-state index in [1.165, 1.54) is 16.5 Å². The average Bonchev–Trinajstić information content (AvgIpc) is 2.97. The van der Waals surface area contributed by atoms with E-state index in [9.17, 15) is 4.39 Å². The molecular formula is C14H12BrFN2S2. The molecule has 0 spiro atoms. The number of H-pyrrole nitrogens is 1. The number of imidazole rings is 1. The highest BCUT2D eigenvalue weighted by atomic mass is 79.9. The van der Waals surface area contributed by atoms with Gasteiger partial charge in [0.15, 0.2) is 4.77 Å². The molecule has 3 aromatic rings. The summed E-state index contributed by atoms with van der Waals surface area (Å²) in [6, 6.07) is 5.38. The number of nitrogens with one attached hydrogen (secondary N) is 1. The summed E-state index contributed by atoms with van der Waals surface area (Å²) in [5.41, 5.74) is 2.97. The van der Waals surface area contributed by atoms with Crippen LogP contribution in [0.5, 0.6) is 0 Å². The smallest absolute Gasteiger partial charge is 0.178 e. The Balaban J connectivity index is 2.14. The fourth-order valence-electron chi connectivity index (χ4n) is 2.27. The highest BCUT2D eigenvalue weighted by Crippen LogP contribution is 2.25. The normalized spacial score (nSPS) is 11.3. The van der Waals surface area contributed by atoms with Gasteiger partial charge in [-0.15, -0.1) is 11.3 Å². The van der Waals surface area contributed by atoms with E-state index in [4.69, 9.17) is 12.2 Å². The van der Waals surface area contributed by atoms with Crippen LogP contribution < -0.4 is 0 Å². The number of aryl methyl sites for hydroxylation is 1. The molecule has 0 atom stereocenters. The van der Waals surface area contributed by atoms with E-state index >= 15 is 0 Å². The molecule has 104 valence electrons. The van der Waals surface area contributed by atoms with Gasteiger partial charge in [-0.05, 0) is 57.6 Å². The monoisotopic (exact) mass is 370 g/mol. The van der Waals surface area contributed by atoms with E-state index in [-0.39, 0.29) is 5.82 Å². The van der Waals surface area contributed by atoms with Crippen LogP contribution in [0.1, 0.15) is 17.4 Å². The number of thiophene rings is 1. The molecule has 2 heterocycles. The highest BCUT2D eigenvalue weighted by molar-refractivity contribution is 9.10. The van der Waals surface area contributed by atoms with Crippen molar-refractivity contribution in [3.05, 3.63) is 49.1 Å². The first-order valence-corrected chi connectivity index (χ1v) is 8.31. The second kappa shape index (κ2) is 5.42. The molecule has 0 saturated heterocycles. The molecule has 0 aliphatic heterocycles. The van der Waals surface area contributed by atoms with Gasteiger partial charge in [-0.25, -0.2) is 4.39 Å². The molecule has 6 heteroatoms. The topological polar surface area (TPSA) is 20.7 Å². The van der Waals surface area contributed by atoms with Crippen molar-refractivity contribution in [1.29, 1.82) is 0 Å². The van der Waals surface area contributed by atoms with Crippen LogP contribution in [0.25, 0.3) is 11.0 Å². The first-order valence-electron chi connectivity index (χ1n) is 6.23. The number of nitrogens with zero attached hydrogens (tertiary/aromatic N) is 1. The third kappa shape index (κ3) is 2.36. The molecule has 0 radical (unpaired) electrons. The van der Waals surface area contributed by atoms with Crippen molar-refractivity contribution < 1.29 is 4.39 Å². The van der Waals surface area contributed by atoms with Gasteiger partial charge in [0, 0.05) is 10.9 Å². The number of aromatic nitrogens is 2. The van der Waals surface area contributed by atoms with E-state index in [1.54, 1.807) is 17.4 Å². The number of fused-ring (bicyclic) bond motifs is 1. The van der Waals surface area contributed by atoms with Gasteiger partial charge in [-0.3, -0.25) is 0 Å². The Hall–Kier alpha value is -0.980. The summed E-state index contributed by atoms with van der Waals surface area (Å²) >= 11 is 10.3. The van der Waals surface area contributed by atoms with E-state index in [0.717, 1.165) is 17.5 Å². The first kappa shape index (κ1) is 14.0. The summed E-state index contributed by atoms with van der Waals surface area (Å²) < 4.78 is 16.8. The van der Waals surface area contributed by atoms with Crippen LogP contribution in [0.4, 0.5) is 4.39 Å². The van der Waals surface area contributed by atoms with Gasteiger partial charge >= 0.3 is 0 Å². The summed E-state index contributed by atoms with van der Waals surface area (Å²) in [6.07, 6.45) is 0.994. The highest BCUT2D eigenvalue weighted by Gasteiger charge is 2.11. The minimum atomic E-state index is -0.276. The number of aromatic amines is 1. The molecule has 0 unspecified atom stereocenters. The van der Waals surface area contributed by atoms with Gasteiger partial charge in [0.25, 0.3) is 0 Å². The van der Waals surface area contributed by atoms with Gasteiger partial charge in [0.05, 0.1) is 22.1 Å². The molecule has 2 aromatic heterocycles. The summed E-state index contributed by atoms with van der Waals surface area (Å²) in [5, 5.41) is 2.09. The van der Waals surface area contributed by atoms with Gasteiger partial charge in [-0.2, -0.15) is 0 Å². The maximum absolute atomic E-state index is 13.8. The van der Waals surface area contributed by atoms with E-state index in [2.05, 4.69) is 39.3 Å². The zero-order chi connectivity index (χ0) is 14.3. The van der Waals surface area contributed by atoms with Crippen LogP contribution in [0, 0.1) is 10.6 Å². The molecule has 0 bridgehead atoms. The molecule has 0 amide bonds. The number of benzene rings is 1. The van der Waals surface area contributed by atoms with Crippen molar-refractivity contribution in [2.75, 3.05) is 0 Å². The first-order chi connectivity index (χ1) is 9.60. The minimum Gasteiger partial charge on any atom is -0.331 e. The Morgan fingerprint density at radius 1 is 1.45 bits per heavy atom.